The zero-order valence-electron chi connectivity index (χ0n) is 17.3. The Morgan fingerprint density at radius 1 is 0.815 bits per heavy atom. The van der Waals surface area contributed by atoms with Gasteiger partial charge in [-0.15, -0.1) is 0 Å². The zero-order chi connectivity index (χ0) is 20.4. The van der Waals surface area contributed by atoms with Crippen molar-refractivity contribution in [1.82, 2.24) is 0 Å². The Labute approximate surface area is 163 Å². The number of halogens is 1. The molecule has 5 heteroatoms. The van der Waals surface area contributed by atoms with Crippen molar-refractivity contribution in [2.75, 3.05) is 7.11 Å². The van der Waals surface area contributed by atoms with E-state index in [0.717, 1.165) is 0 Å². The Morgan fingerprint density at radius 2 is 1.37 bits per heavy atom. The zero-order valence-corrected chi connectivity index (χ0v) is 18.3. The van der Waals surface area contributed by atoms with Gasteiger partial charge in [-0.3, -0.25) is 0 Å². The minimum absolute atomic E-state index is 0.00109. The summed E-state index contributed by atoms with van der Waals surface area (Å²) in [5, 5.41) is 10.6. The van der Waals surface area contributed by atoms with E-state index < -0.39 is 14.1 Å². The maximum Gasteiger partial charge on any atom is 0.258 e. The average molecular weight is 391 g/mol. The Hall–Kier alpha value is -2.01. The van der Waals surface area contributed by atoms with Crippen LogP contribution in [0.25, 0.3) is 11.1 Å². The molecule has 1 N–H and O–H groups in total. The Balaban J connectivity index is 2.45. The van der Waals surface area contributed by atoms with Crippen LogP contribution in [-0.2, 0) is 0 Å². The largest absolute Gasteiger partial charge is 0.543 e. The van der Waals surface area contributed by atoms with Gasteiger partial charge in [0.25, 0.3) is 8.32 Å². The third-order valence-electron chi connectivity index (χ3n) is 5.43. The lowest BCUT2D eigenvalue weighted by Crippen LogP contribution is -2.50. The minimum atomic E-state index is -2.12. The second-order valence-corrected chi connectivity index (χ2v) is 13.3. The summed E-state index contributed by atoms with van der Waals surface area (Å²) < 4.78 is 26.0. The first-order valence-electron chi connectivity index (χ1n) is 9.49. The number of hydrogen-bond acceptors (Lipinski definition) is 3. The maximum absolute atomic E-state index is 14.3. The van der Waals surface area contributed by atoms with Gasteiger partial charge in [0, 0.05) is 17.2 Å². The van der Waals surface area contributed by atoms with E-state index in [0.29, 0.717) is 39.2 Å². The fourth-order valence-electron chi connectivity index (χ4n) is 4.20. The fraction of sp³-hybridized carbons (Fsp3) is 0.455. The number of ether oxygens (including phenoxy) is 1. The second-order valence-electron chi connectivity index (χ2n) is 7.94. The van der Waals surface area contributed by atoms with Gasteiger partial charge in [0.2, 0.25) is 0 Å². The van der Waals surface area contributed by atoms with Crippen LogP contribution in [-0.4, -0.2) is 20.5 Å². The molecule has 0 atom stereocenters. The summed E-state index contributed by atoms with van der Waals surface area (Å²) in [4.78, 5) is 0. The number of rotatable bonds is 7. The van der Waals surface area contributed by atoms with Crippen LogP contribution in [0.2, 0.25) is 16.6 Å². The summed E-state index contributed by atoms with van der Waals surface area (Å²) in [5.41, 5.74) is 2.00. The highest BCUT2D eigenvalue weighted by Crippen LogP contribution is 2.44. The molecular formula is C22H31FO3Si. The SMILES string of the molecule is COc1ccc(F)c(-c2ccc(O[Si](C(C)C)(C(C)C)C(C)C)cc2O)c1. The molecule has 2 aromatic rings. The lowest BCUT2D eigenvalue weighted by molar-refractivity contribution is 0.414. The maximum atomic E-state index is 14.3. The smallest absolute Gasteiger partial charge is 0.258 e. The van der Waals surface area contributed by atoms with Crippen LogP contribution in [0.15, 0.2) is 36.4 Å². The molecule has 27 heavy (non-hydrogen) atoms. The van der Waals surface area contributed by atoms with Crippen molar-refractivity contribution in [3.8, 4) is 28.4 Å². The Kier molecular flexibility index (Phi) is 6.57. The molecule has 0 bridgehead atoms. The fourth-order valence-corrected chi connectivity index (χ4v) is 9.44. The lowest BCUT2D eigenvalue weighted by Gasteiger charge is -2.42. The molecule has 0 heterocycles. The highest BCUT2D eigenvalue weighted by molar-refractivity contribution is 6.78. The first-order valence-corrected chi connectivity index (χ1v) is 11.6. The van der Waals surface area contributed by atoms with E-state index >= 15 is 0 Å². The molecule has 0 unspecified atom stereocenters. The van der Waals surface area contributed by atoms with Crippen molar-refractivity contribution in [2.24, 2.45) is 0 Å². The van der Waals surface area contributed by atoms with Crippen LogP contribution in [0.3, 0.4) is 0 Å². The highest BCUT2D eigenvalue weighted by Gasteiger charge is 2.47. The van der Waals surface area contributed by atoms with Crippen LogP contribution >= 0.6 is 0 Å². The lowest BCUT2D eigenvalue weighted by atomic mass is 10.0. The van der Waals surface area contributed by atoms with E-state index in [-0.39, 0.29) is 5.75 Å². The molecule has 0 spiro atoms. The van der Waals surface area contributed by atoms with Crippen molar-refractivity contribution in [1.29, 1.82) is 0 Å². The first kappa shape index (κ1) is 21.3. The van der Waals surface area contributed by atoms with Gasteiger partial charge in [-0.05, 0) is 47.0 Å². The third-order valence-corrected chi connectivity index (χ3v) is 11.4. The van der Waals surface area contributed by atoms with Gasteiger partial charge < -0.3 is 14.3 Å². The summed E-state index contributed by atoms with van der Waals surface area (Å²) in [7, 11) is -0.589. The average Bonchev–Trinajstić information content (AvgIpc) is 2.59. The summed E-state index contributed by atoms with van der Waals surface area (Å²) in [6.45, 7) is 13.3. The number of methoxy groups -OCH3 is 1. The monoisotopic (exact) mass is 390 g/mol. The summed E-state index contributed by atoms with van der Waals surface area (Å²) in [6.07, 6.45) is 0. The number of hydrogen-bond donors (Lipinski definition) is 1. The van der Waals surface area contributed by atoms with Gasteiger partial charge in [-0.25, -0.2) is 4.39 Å². The van der Waals surface area contributed by atoms with Gasteiger partial charge in [-0.2, -0.15) is 0 Å². The summed E-state index contributed by atoms with van der Waals surface area (Å²) in [6, 6.07) is 9.61. The quantitative estimate of drug-likeness (QED) is 0.531. The topological polar surface area (TPSA) is 38.7 Å². The van der Waals surface area contributed by atoms with E-state index in [1.165, 1.54) is 13.2 Å². The molecule has 0 fully saturated rings. The summed E-state index contributed by atoms with van der Waals surface area (Å²) in [5.74, 6) is 0.771. The predicted octanol–water partition coefficient (Wildman–Crippen LogP) is 6.76. The van der Waals surface area contributed by atoms with Crippen LogP contribution in [0.5, 0.6) is 17.2 Å². The van der Waals surface area contributed by atoms with E-state index in [4.69, 9.17) is 9.16 Å². The molecule has 0 aliphatic rings. The second kappa shape index (κ2) is 8.34. The van der Waals surface area contributed by atoms with E-state index in [1.54, 1.807) is 24.3 Å². The van der Waals surface area contributed by atoms with E-state index in [9.17, 15) is 9.50 Å². The van der Waals surface area contributed by atoms with E-state index in [2.05, 4.69) is 41.5 Å². The Morgan fingerprint density at radius 3 is 1.85 bits per heavy atom. The van der Waals surface area contributed by atoms with Crippen molar-refractivity contribution in [2.45, 2.75) is 58.2 Å². The van der Waals surface area contributed by atoms with Crippen LogP contribution in [0.4, 0.5) is 4.39 Å². The molecular weight excluding hydrogens is 359 g/mol. The van der Waals surface area contributed by atoms with Gasteiger partial charge >= 0.3 is 0 Å². The molecule has 3 nitrogen and oxygen atoms in total. The third kappa shape index (κ3) is 4.13. The molecule has 2 aromatic carbocycles. The van der Waals surface area contributed by atoms with Crippen molar-refractivity contribution < 1.29 is 18.7 Å². The molecule has 0 amide bonds. The number of phenols is 1. The number of aromatic hydroxyl groups is 1. The van der Waals surface area contributed by atoms with Gasteiger partial charge in [-0.1, -0.05) is 41.5 Å². The van der Waals surface area contributed by atoms with E-state index in [1.807, 2.05) is 6.07 Å². The molecule has 0 aliphatic carbocycles. The molecule has 2 rings (SSSR count). The van der Waals surface area contributed by atoms with Crippen molar-refractivity contribution in [3.05, 3.63) is 42.2 Å². The normalized spacial score (nSPS) is 12.1. The molecule has 0 radical (unpaired) electrons. The van der Waals surface area contributed by atoms with Crippen molar-refractivity contribution in [3.63, 3.8) is 0 Å². The van der Waals surface area contributed by atoms with Gasteiger partial charge in [0.05, 0.1) is 7.11 Å². The number of phenolic OH excluding ortho intramolecular Hbond substituents is 1. The van der Waals surface area contributed by atoms with Gasteiger partial charge in [0.15, 0.2) is 0 Å². The van der Waals surface area contributed by atoms with Gasteiger partial charge in [0.1, 0.15) is 23.1 Å². The summed E-state index contributed by atoms with van der Waals surface area (Å²) >= 11 is 0. The molecule has 0 saturated heterocycles. The Bertz CT molecular complexity index is 765. The van der Waals surface area contributed by atoms with Crippen LogP contribution < -0.4 is 9.16 Å². The molecule has 0 saturated carbocycles. The highest BCUT2D eigenvalue weighted by atomic mass is 28.4. The van der Waals surface area contributed by atoms with Crippen LogP contribution in [0, 0.1) is 5.82 Å². The minimum Gasteiger partial charge on any atom is -0.543 e. The molecule has 148 valence electrons. The molecule has 0 aliphatic heterocycles. The van der Waals surface area contributed by atoms with Crippen LogP contribution in [0.1, 0.15) is 41.5 Å². The molecule has 0 aromatic heterocycles. The standard InChI is InChI=1S/C22H31FO3Si/c1-14(2)27(15(3)4,16(5)6)26-18-8-10-19(22(24)13-18)20-12-17(25-7)9-11-21(20)23/h8-16,24H,1-7H3. The number of benzene rings is 2. The van der Waals surface area contributed by atoms with Crippen molar-refractivity contribution >= 4 is 8.32 Å². The first-order chi connectivity index (χ1) is 12.6. The predicted molar refractivity (Wildman–Crippen MR) is 112 cm³/mol.